The number of aliphatic hydroxyl groups excluding tert-OH is 1. The van der Waals surface area contributed by atoms with Crippen LogP contribution in [0.5, 0.6) is 0 Å². The van der Waals surface area contributed by atoms with E-state index in [4.69, 9.17) is 5.11 Å². The molecule has 1 rings (SSSR count). The fraction of sp³-hybridized carbons (Fsp3) is 0.714. The lowest BCUT2D eigenvalue weighted by Crippen LogP contribution is -2.32. The first-order valence-electron chi connectivity index (χ1n) is 7.14. The highest BCUT2D eigenvalue weighted by Crippen LogP contribution is 2.15. The van der Waals surface area contributed by atoms with Crippen molar-refractivity contribution in [3.63, 3.8) is 0 Å². The number of hydrogen-bond acceptors (Lipinski definition) is 5. The number of aliphatic hydroxyl groups is 1. The fourth-order valence-corrected chi connectivity index (χ4v) is 1.82. The van der Waals surface area contributed by atoms with E-state index in [1.54, 1.807) is 13.8 Å². The van der Waals surface area contributed by atoms with Gasteiger partial charge in [-0.3, -0.25) is 24.1 Å². The first-order chi connectivity index (χ1) is 10.2. The largest absolute Gasteiger partial charge is 0.395 e. The van der Waals surface area contributed by atoms with Gasteiger partial charge in [-0.25, -0.2) is 0 Å². The van der Waals surface area contributed by atoms with Crippen molar-refractivity contribution in [3.05, 3.63) is 0 Å². The summed E-state index contributed by atoms with van der Waals surface area (Å²) in [4.78, 5) is 44.7. The lowest BCUT2D eigenvalue weighted by Gasteiger charge is -2.09. The Morgan fingerprint density at radius 2 is 2.00 bits per heavy atom. The van der Waals surface area contributed by atoms with Gasteiger partial charge in [-0.05, 0) is 0 Å². The fourth-order valence-electron chi connectivity index (χ4n) is 1.82. The van der Waals surface area contributed by atoms with Crippen LogP contribution in [0.2, 0.25) is 0 Å². The van der Waals surface area contributed by atoms with Crippen molar-refractivity contribution >= 4 is 23.6 Å². The minimum Gasteiger partial charge on any atom is -0.395 e. The van der Waals surface area contributed by atoms with Crippen molar-refractivity contribution in [1.29, 1.82) is 0 Å². The van der Waals surface area contributed by atoms with Gasteiger partial charge in [0.15, 0.2) is 0 Å². The molecule has 1 aliphatic rings. The Labute approximate surface area is 130 Å². The third-order valence-corrected chi connectivity index (χ3v) is 3.23. The highest BCUT2D eigenvalue weighted by Gasteiger charge is 2.32. The maximum absolute atomic E-state index is 11.0. The predicted molar refractivity (Wildman–Crippen MR) is 79.5 cm³/mol. The van der Waals surface area contributed by atoms with E-state index < -0.39 is 0 Å². The van der Waals surface area contributed by atoms with E-state index in [-0.39, 0.29) is 55.0 Å². The number of carbonyl (C=O) groups excluding carboxylic acids is 4. The minimum atomic E-state index is -0.330. The highest BCUT2D eigenvalue weighted by molar-refractivity contribution is 6.02. The van der Waals surface area contributed by atoms with Crippen LogP contribution in [0.4, 0.5) is 0 Å². The molecule has 1 fully saturated rings. The van der Waals surface area contributed by atoms with Crippen LogP contribution in [-0.4, -0.2) is 60.9 Å². The topological polar surface area (TPSA) is 116 Å². The molecule has 2 unspecified atom stereocenters. The number of rotatable bonds is 5. The van der Waals surface area contributed by atoms with Crippen molar-refractivity contribution in [1.82, 2.24) is 15.5 Å². The molecule has 8 heteroatoms. The van der Waals surface area contributed by atoms with Gasteiger partial charge < -0.3 is 15.7 Å². The molecule has 8 nitrogen and oxygen atoms in total. The summed E-state index contributed by atoms with van der Waals surface area (Å²) < 4.78 is 0. The average molecular weight is 315 g/mol. The second-order valence-electron chi connectivity index (χ2n) is 5.19. The average Bonchev–Trinajstić information content (AvgIpc) is 2.71. The molecule has 0 aromatic rings. The van der Waals surface area contributed by atoms with Crippen LogP contribution in [-0.2, 0) is 19.2 Å². The summed E-state index contributed by atoms with van der Waals surface area (Å²) in [5.74, 6) is -0.914. The molecular weight excluding hydrogens is 290 g/mol. The van der Waals surface area contributed by atoms with Gasteiger partial charge in [0.2, 0.25) is 23.6 Å². The normalized spacial score (nSPS) is 18.4. The van der Waals surface area contributed by atoms with E-state index in [1.807, 2.05) is 0 Å². The zero-order chi connectivity index (χ0) is 17.3. The Kier molecular flexibility index (Phi) is 9.00. The first kappa shape index (κ1) is 20.0. The number of nitrogens with zero attached hydrogens (tertiary/aromatic N) is 1. The molecule has 0 aromatic heterocycles. The van der Waals surface area contributed by atoms with E-state index in [9.17, 15) is 19.2 Å². The van der Waals surface area contributed by atoms with Crippen molar-refractivity contribution in [3.8, 4) is 0 Å². The summed E-state index contributed by atoms with van der Waals surface area (Å²) in [6, 6.07) is 0. The van der Waals surface area contributed by atoms with Crippen molar-refractivity contribution in [2.45, 2.75) is 26.7 Å². The lowest BCUT2D eigenvalue weighted by molar-refractivity contribution is -0.137. The maximum atomic E-state index is 11.0. The van der Waals surface area contributed by atoms with Crippen molar-refractivity contribution in [2.75, 3.05) is 27.2 Å². The van der Waals surface area contributed by atoms with Crippen LogP contribution < -0.4 is 10.6 Å². The van der Waals surface area contributed by atoms with E-state index in [0.29, 0.717) is 6.42 Å². The molecule has 0 saturated carbocycles. The van der Waals surface area contributed by atoms with Crippen LogP contribution in [0.3, 0.4) is 0 Å². The van der Waals surface area contributed by atoms with Crippen LogP contribution >= 0.6 is 0 Å². The van der Waals surface area contributed by atoms with E-state index in [1.165, 1.54) is 19.0 Å². The molecule has 2 atom stereocenters. The van der Waals surface area contributed by atoms with Gasteiger partial charge in [0, 0.05) is 45.3 Å². The number of imide groups is 1. The Morgan fingerprint density at radius 3 is 2.32 bits per heavy atom. The quantitative estimate of drug-likeness (QED) is 0.556. The number of likely N-dealkylation sites (tertiary alicyclic amines) is 1. The molecule has 0 bridgehead atoms. The van der Waals surface area contributed by atoms with Crippen LogP contribution in [0, 0.1) is 11.8 Å². The van der Waals surface area contributed by atoms with Crippen LogP contribution in [0.25, 0.3) is 0 Å². The van der Waals surface area contributed by atoms with Crippen molar-refractivity contribution in [2.24, 2.45) is 11.8 Å². The molecule has 3 N–H and O–H groups in total. The summed E-state index contributed by atoms with van der Waals surface area (Å²) in [5.41, 5.74) is 0. The minimum absolute atomic E-state index is 0.0556. The number of carbonyl (C=O) groups is 4. The number of hydrogen-bond donors (Lipinski definition) is 3. The second-order valence-corrected chi connectivity index (χ2v) is 5.19. The summed E-state index contributed by atoms with van der Waals surface area (Å²) in [7, 11) is 3.05. The molecule has 4 amide bonds. The maximum Gasteiger partial charge on any atom is 0.232 e. The Balaban J connectivity index is 0.000000425. The third-order valence-electron chi connectivity index (χ3n) is 3.23. The third kappa shape index (κ3) is 6.66. The molecule has 0 radical (unpaired) electrons. The van der Waals surface area contributed by atoms with Gasteiger partial charge in [-0.15, -0.1) is 0 Å². The molecule has 1 aliphatic heterocycles. The monoisotopic (exact) mass is 315 g/mol. The van der Waals surface area contributed by atoms with Crippen molar-refractivity contribution < 1.29 is 24.3 Å². The Bertz CT molecular complexity index is 425. The number of nitrogens with one attached hydrogen (secondary N) is 2. The zero-order valence-electron chi connectivity index (χ0n) is 13.5. The van der Waals surface area contributed by atoms with Crippen LogP contribution in [0.1, 0.15) is 26.7 Å². The zero-order valence-corrected chi connectivity index (χ0v) is 13.5. The van der Waals surface area contributed by atoms with E-state index in [0.717, 1.165) is 0 Å². The highest BCUT2D eigenvalue weighted by atomic mass is 16.3. The Hall–Kier alpha value is -1.96. The van der Waals surface area contributed by atoms with E-state index >= 15 is 0 Å². The van der Waals surface area contributed by atoms with Gasteiger partial charge in [0.1, 0.15) is 0 Å². The summed E-state index contributed by atoms with van der Waals surface area (Å²) >= 11 is 0. The summed E-state index contributed by atoms with van der Waals surface area (Å²) in [6.45, 7) is 3.60. The van der Waals surface area contributed by atoms with Crippen LogP contribution in [0.15, 0.2) is 0 Å². The molecule has 126 valence electrons. The van der Waals surface area contributed by atoms with Gasteiger partial charge in [0.05, 0.1) is 6.61 Å². The standard InChI is InChI=1S/C8H16N2O3.C6H9NO2/c1-6(8(13)9-2)5-7(12)10-3-4-11;1-4-3-5(8)7(2)6(4)9/h6,11H,3-5H2,1-2H3,(H,9,13)(H,10,12);4H,3H2,1-2H3. The molecule has 1 saturated heterocycles. The summed E-state index contributed by atoms with van der Waals surface area (Å²) in [5, 5.41) is 13.3. The second kappa shape index (κ2) is 9.88. The number of amides is 4. The summed E-state index contributed by atoms with van der Waals surface area (Å²) in [6.07, 6.45) is 0.537. The molecule has 0 spiro atoms. The predicted octanol–water partition coefficient (Wildman–Crippen LogP) is -1.12. The van der Waals surface area contributed by atoms with Gasteiger partial charge in [0.25, 0.3) is 0 Å². The molecular formula is C14H25N3O5. The first-order valence-corrected chi connectivity index (χ1v) is 7.14. The molecule has 22 heavy (non-hydrogen) atoms. The van der Waals surface area contributed by atoms with Gasteiger partial charge >= 0.3 is 0 Å². The Morgan fingerprint density at radius 1 is 1.41 bits per heavy atom. The lowest BCUT2D eigenvalue weighted by atomic mass is 10.1. The SMILES string of the molecule is CC1CC(=O)N(C)C1=O.CNC(=O)C(C)CC(=O)NCCO. The molecule has 0 aromatic carbocycles. The smallest absolute Gasteiger partial charge is 0.232 e. The molecule has 0 aliphatic carbocycles. The van der Waals surface area contributed by atoms with E-state index in [2.05, 4.69) is 10.6 Å². The molecule has 1 heterocycles. The van der Waals surface area contributed by atoms with Gasteiger partial charge in [-0.1, -0.05) is 13.8 Å². The van der Waals surface area contributed by atoms with Gasteiger partial charge in [-0.2, -0.15) is 0 Å².